The molecule has 0 amide bonds. The molecule has 0 saturated carbocycles. The second kappa shape index (κ2) is 3.89. The van der Waals surface area contributed by atoms with Crippen LogP contribution in [0.1, 0.15) is 12.5 Å². The summed E-state index contributed by atoms with van der Waals surface area (Å²) in [6, 6.07) is 7.89. The van der Waals surface area contributed by atoms with E-state index < -0.39 is 0 Å². The van der Waals surface area contributed by atoms with E-state index in [0.717, 1.165) is 30.2 Å². The number of rotatable bonds is 2. The quantitative estimate of drug-likeness (QED) is 0.810. The first-order valence-electron chi connectivity index (χ1n) is 4.82. The van der Waals surface area contributed by atoms with Gasteiger partial charge in [0.15, 0.2) is 0 Å². The van der Waals surface area contributed by atoms with Crippen LogP contribution in [-0.4, -0.2) is 18.9 Å². The summed E-state index contributed by atoms with van der Waals surface area (Å²) in [5, 5.41) is 4.14. The van der Waals surface area contributed by atoms with E-state index in [1.54, 1.807) is 0 Å². The molecule has 1 aliphatic rings. The molecule has 2 rings (SSSR count). The molecule has 0 spiro atoms. The molecule has 1 atom stereocenters. The zero-order valence-corrected chi connectivity index (χ0v) is 8.97. The summed E-state index contributed by atoms with van der Waals surface area (Å²) in [7, 11) is 0. The highest BCUT2D eigenvalue weighted by atomic mass is 35.5. The van der Waals surface area contributed by atoms with Crippen LogP contribution in [0, 0.1) is 0 Å². The van der Waals surface area contributed by atoms with Crippen molar-refractivity contribution < 1.29 is 4.74 Å². The van der Waals surface area contributed by atoms with E-state index in [1.807, 2.05) is 24.3 Å². The number of benzene rings is 1. The molecule has 1 aromatic carbocycles. The van der Waals surface area contributed by atoms with Gasteiger partial charge in [-0.25, -0.2) is 0 Å². The predicted molar refractivity (Wildman–Crippen MR) is 57.5 cm³/mol. The lowest BCUT2D eigenvalue weighted by molar-refractivity contribution is 0.00703. The highest BCUT2D eigenvalue weighted by molar-refractivity contribution is 6.31. The first kappa shape index (κ1) is 9.97. The van der Waals surface area contributed by atoms with Crippen LogP contribution < -0.4 is 5.32 Å². The average Bonchev–Trinajstić information content (AvgIpc) is 2.57. The second-order valence-electron chi connectivity index (χ2n) is 3.77. The molecule has 1 aliphatic heterocycles. The fourth-order valence-corrected chi connectivity index (χ4v) is 1.96. The molecule has 14 heavy (non-hydrogen) atoms. The van der Waals surface area contributed by atoms with E-state index in [9.17, 15) is 0 Å². The van der Waals surface area contributed by atoms with Crippen LogP contribution in [0.15, 0.2) is 24.3 Å². The van der Waals surface area contributed by atoms with Crippen LogP contribution in [0.2, 0.25) is 5.02 Å². The Morgan fingerprint density at radius 1 is 1.50 bits per heavy atom. The summed E-state index contributed by atoms with van der Waals surface area (Å²) in [5.74, 6) is 0. The molecule has 76 valence electrons. The van der Waals surface area contributed by atoms with Crippen molar-refractivity contribution in [3.63, 3.8) is 0 Å². The van der Waals surface area contributed by atoms with Gasteiger partial charge in [0.1, 0.15) is 5.72 Å². The van der Waals surface area contributed by atoms with Crippen LogP contribution in [0.3, 0.4) is 0 Å². The zero-order chi connectivity index (χ0) is 10.0. The van der Waals surface area contributed by atoms with E-state index >= 15 is 0 Å². The normalized spacial score (nSPS) is 26.7. The van der Waals surface area contributed by atoms with Gasteiger partial charge in [0.05, 0.1) is 6.61 Å². The lowest BCUT2D eigenvalue weighted by atomic mass is 10.0. The van der Waals surface area contributed by atoms with E-state index in [4.69, 9.17) is 16.3 Å². The van der Waals surface area contributed by atoms with E-state index in [-0.39, 0.29) is 5.72 Å². The highest BCUT2D eigenvalue weighted by Gasteiger charge is 2.29. The number of nitrogens with one attached hydrogen (secondary N) is 1. The predicted octanol–water partition coefficient (Wildman–Crippen LogP) is 2.22. The molecule has 1 unspecified atom stereocenters. The van der Waals surface area contributed by atoms with Crippen molar-refractivity contribution in [3.8, 4) is 0 Å². The third-order valence-electron chi connectivity index (χ3n) is 2.51. The van der Waals surface area contributed by atoms with Gasteiger partial charge in [-0.15, -0.1) is 0 Å². The number of hydrogen-bond acceptors (Lipinski definition) is 2. The summed E-state index contributed by atoms with van der Waals surface area (Å²) >= 11 is 6.08. The molecule has 1 heterocycles. The maximum absolute atomic E-state index is 6.08. The van der Waals surface area contributed by atoms with Gasteiger partial charge in [-0.05, 0) is 18.6 Å². The van der Waals surface area contributed by atoms with Crippen LogP contribution in [0.5, 0.6) is 0 Å². The smallest absolute Gasteiger partial charge is 0.120 e. The average molecular weight is 212 g/mol. The molecule has 2 nitrogen and oxygen atoms in total. The lowest BCUT2D eigenvalue weighted by Gasteiger charge is -2.24. The minimum Gasteiger partial charge on any atom is -0.359 e. The first-order chi connectivity index (χ1) is 6.70. The Hall–Kier alpha value is -0.570. The molecule has 1 aromatic rings. The molecule has 3 heteroatoms. The Bertz CT molecular complexity index is 321. The molecule has 1 fully saturated rings. The maximum Gasteiger partial charge on any atom is 0.120 e. The van der Waals surface area contributed by atoms with E-state index in [0.29, 0.717) is 0 Å². The Labute approximate surface area is 89.2 Å². The van der Waals surface area contributed by atoms with Crippen LogP contribution >= 0.6 is 11.6 Å². The highest BCUT2D eigenvalue weighted by Crippen LogP contribution is 2.23. The fourth-order valence-electron chi connectivity index (χ4n) is 1.76. The Morgan fingerprint density at radius 3 is 2.93 bits per heavy atom. The van der Waals surface area contributed by atoms with Crippen molar-refractivity contribution in [1.82, 2.24) is 5.32 Å². The third-order valence-corrected chi connectivity index (χ3v) is 2.88. The minimum absolute atomic E-state index is 0.245. The Morgan fingerprint density at radius 2 is 2.29 bits per heavy atom. The summed E-state index contributed by atoms with van der Waals surface area (Å²) in [5.41, 5.74) is 0.886. The van der Waals surface area contributed by atoms with Gasteiger partial charge >= 0.3 is 0 Å². The lowest BCUT2D eigenvalue weighted by Crippen LogP contribution is -2.39. The molecule has 1 saturated heterocycles. The number of hydrogen-bond donors (Lipinski definition) is 1. The van der Waals surface area contributed by atoms with E-state index in [2.05, 4.69) is 12.2 Å². The number of halogens is 1. The molecule has 0 aromatic heterocycles. The van der Waals surface area contributed by atoms with Gasteiger partial charge in [0.25, 0.3) is 0 Å². The van der Waals surface area contributed by atoms with E-state index in [1.165, 1.54) is 0 Å². The summed E-state index contributed by atoms with van der Waals surface area (Å²) in [6.07, 6.45) is 0.812. The zero-order valence-electron chi connectivity index (χ0n) is 8.22. The van der Waals surface area contributed by atoms with Crippen molar-refractivity contribution in [2.24, 2.45) is 0 Å². The largest absolute Gasteiger partial charge is 0.359 e. The fraction of sp³-hybridized carbons (Fsp3) is 0.455. The minimum atomic E-state index is -0.245. The second-order valence-corrected chi connectivity index (χ2v) is 4.18. The van der Waals surface area contributed by atoms with Crippen LogP contribution in [0.25, 0.3) is 0 Å². The monoisotopic (exact) mass is 211 g/mol. The molecular weight excluding hydrogens is 198 g/mol. The SMILES string of the molecule is CC1(Cc2ccccc2Cl)NCCO1. The Kier molecular flexibility index (Phi) is 2.77. The molecule has 0 aliphatic carbocycles. The van der Waals surface area contributed by atoms with Gasteiger partial charge < -0.3 is 4.74 Å². The van der Waals surface area contributed by atoms with Gasteiger partial charge in [0, 0.05) is 18.0 Å². The third kappa shape index (κ3) is 2.08. The first-order valence-corrected chi connectivity index (χ1v) is 5.20. The molecule has 1 N–H and O–H groups in total. The van der Waals surface area contributed by atoms with Crippen molar-refractivity contribution in [3.05, 3.63) is 34.9 Å². The van der Waals surface area contributed by atoms with Crippen molar-refractivity contribution in [1.29, 1.82) is 0 Å². The maximum atomic E-state index is 6.08. The summed E-state index contributed by atoms with van der Waals surface area (Å²) < 4.78 is 5.63. The van der Waals surface area contributed by atoms with Crippen molar-refractivity contribution in [2.75, 3.05) is 13.2 Å². The topological polar surface area (TPSA) is 21.3 Å². The van der Waals surface area contributed by atoms with Gasteiger partial charge in [0.2, 0.25) is 0 Å². The van der Waals surface area contributed by atoms with Crippen molar-refractivity contribution >= 4 is 11.6 Å². The van der Waals surface area contributed by atoms with Crippen LogP contribution in [0.4, 0.5) is 0 Å². The summed E-state index contributed by atoms with van der Waals surface area (Å²) in [4.78, 5) is 0. The van der Waals surface area contributed by atoms with Gasteiger partial charge in [-0.1, -0.05) is 29.8 Å². The van der Waals surface area contributed by atoms with Gasteiger partial charge in [-0.2, -0.15) is 0 Å². The molecule has 0 bridgehead atoms. The van der Waals surface area contributed by atoms with Gasteiger partial charge in [-0.3, -0.25) is 5.32 Å². The van der Waals surface area contributed by atoms with Crippen LogP contribution in [-0.2, 0) is 11.2 Å². The standard InChI is InChI=1S/C11H14ClNO/c1-11(13-6-7-14-11)8-9-4-2-3-5-10(9)12/h2-5,13H,6-8H2,1H3. The number of ether oxygens (including phenoxy) is 1. The summed E-state index contributed by atoms with van der Waals surface area (Å²) in [6.45, 7) is 3.76. The molecule has 0 radical (unpaired) electrons. The van der Waals surface area contributed by atoms with Crippen molar-refractivity contribution in [2.45, 2.75) is 19.1 Å². The molecular formula is C11H14ClNO. The Balaban J connectivity index is 2.14.